The van der Waals surface area contributed by atoms with Gasteiger partial charge in [-0.05, 0) is 37.6 Å². The second-order valence-corrected chi connectivity index (χ2v) is 5.09. The van der Waals surface area contributed by atoms with Gasteiger partial charge in [0.2, 0.25) is 0 Å². The third-order valence-corrected chi connectivity index (χ3v) is 3.46. The normalized spacial score (nSPS) is 21.8. The molecule has 0 saturated carbocycles. The van der Waals surface area contributed by atoms with Crippen LogP contribution >= 0.6 is 15.9 Å². The first-order valence-electron chi connectivity index (χ1n) is 5.42. The smallest absolute Gasteiger partial charge is 0.0400 e. The minimum absolute atomic E-state index is 0.582. The first-order valence-corrected chi connectivity index (χ1v) is 6.21. The van der Waals surface area contributed by atoms with Gasteiger partial charge in [-0.3, -0.25) is 0 Å². The predicted molar refractivity (Wildman–Crippen MR) is 68.6 cm³/mol. The van der Waals surface area contributed by atoms with Gasteiger partial charge in [0, 0.05) is 35.8 Å². The number of nitrogens with one attached hydrogen (secondary N) is 1. The van der Waals surface area contributed by atoms with Crippen LogP contribution in [0.5, 0.6) is 0 Å². The van der Waals surface area contributed by atoms with Gasteiger partial charge in [0.05, 0.1) is 0 Å². The summed E-state index contributed by atoms with van der Waals surface area (Å²) in [4.78, 5) is 2.48. The Hall–Kier alpha value is -0.540. The topological polar surface area (TPSA) is 15.3 Å². The van der Waals surface area contributed by atoms with Crippen molar-refractivity contribution in [2.75, 3.05) is 24.5 Å². The van der Waals surface area contributed by atoms with Crippen LogP contribution in [-0.2, 0) is 0 Å². The molecule has 1 fully saturated rings. The molecular formula is C12H17BrN2. The van der Waals surface area contributed by atoms with Gasteiger partial charge in [-0.25, -0.2) is 0 Å². The molecular weight excluding hydrogens is 252 g/mol. The van der Waals surface area contributed by atoms with Crippen molar-refractivity contribution < 1.29 is 0 Å². The Balaban J connectivity index is 2.27. The number of hydrogen-bond acceptors (Lipinski definition) is 2. The summed E-state index contributed by atoms with van der Waals surface area (Å²) in [5.41, 5.74) is 2.71. The average molecular weight is 269 g/mol. The summed E-state index contributed by atoms with van der Waals surface area (Å²) in [6.07, 6.45) is 0. The Bertz CT molecular complexity index is 351. The predicted octanol–water partition coefficient (Wildman–Crippen LogP) is 2.56. The van der Waals surface area contributed by atoms with Crippen molar-refractivity contribution >= 4 is 21.6 Å². The summed E-state index contributed by atoms with van der Waals surface area (Å²) in [6, 6.07) is 7.10. The lowest BCUT2D eigenvalue weighted by molar-refractivity contribution is 0.500. The number of anilines is 1. The molecule has 1 atom stereocenters. The van der Waals surface area contributed by atoms with Crippen LogP contribution in [0.4, 0.5) is 5.69 Å². The fourth-order valence-corrected chi connectivity index (χ4v) is 2.62. The molecule has 82 valence electrons. The molecule has 15 heavy (non-hydrogen) atoms. The van der Waals surface area contributed by atoms with Crippen molar-refractivity contribution in [3.05, 3.63) is 28.2 Å². The highest BCUT2D eigenvalue weighted by Gasteiger charge is 2.19. The number of aryl methyl sites for hydroxylation is 1. The van der Waals surface area contributed by atoms with Crippen LogP contribution in [-0.4, -0.2) is 25.7 Å². The van der Waals surface area contributed by atoms with Crippen LogP contribution in [0.25, 0.3) is 0 Å². The van der Waals surface area contributed by atoms with E-state index >= 15 is 0 Å². The fraction of sp³-hybridized carbons (Fsp3) is 0.500. The molecule has 2 rings (SSSR count). The lowest BCUT2D eigenvalue weighted by atomic mass is 10.1. The highest BCUT2D eigenvalue weighted by Crippen LogP contribution is 2.25. The summed E-state index contributed by atoms with van der Waals surface area (Å²) >= 11 is 3.50. The van der Waals surface area contributed by atoms with Gasteiger partial charge in [0.15, 0.2) is 0 Å². The molecule has 1 aliphatic rings. The first kappa shape index (κ1) is 11.0. The van der Waals surface area contributed by atoms with Gasteiger partial charge < -0.3 is 10.2 Å². The third-order valence-electron chi connectivity index (χ3n) is 2.97. The molecule has 1 aromatic rings. The van der Waals surface area contributed by atoms with Crippen LogP contribution in [0.2, 0.25) is 0 Å². The Labute approximate surface area is 99.8 Å². The molecule has 0 radical (unpaired) electrons. The Kier molecular flexibility index (Phi) is 3.32. The molecule has 0 spiro atoms. The molecule has 0 aliphatic carbocycles. The van der Waals surface area contributed by atoms with Crippen LogP contribution < -0.4 is 10.2 Å². The standard InChI is InChI=1S/C12H17BrN2/c1-9-7-11(13)3-4-12(9)15-6-5-14-8-10(15)2/h3-4,7,10,14H,5-6,8H2,1-2H3. The van der Waals surface area contributed by atoms with E-state index in [0.29, 0.717) is 6.04 Å². The van der Waals surface area contributed by atoms with Gasteiger partial charge in [-0.1, -0.05) is 15.9 Å². The maximum atomic E-state index is 3.50. The number of piperazine rings is 1. The monoisotopic (exact) mass is 268 g/mol. The zero-order valence-corrected chi connectivity index (χ0v) is 10.8. The van der Waals surface area contributed by atoms with E-state index in [-0.39, 0.29) is 0 Å². The zero-order chi connectivity index (χ0) is 10.8. The zero-order valence-electron chi connectivity index (χ0n) is 9.26. The molecule has 1 aliphatic heterocycles. The molecule has 1 unspecified atom stereocenters. The molecule has 2 nitrogen and oxygen atoms in total. The number of halogens is 1. The van der Waals surface area contributed by atoms with E-state index in [1.807, 2.05) is 0 Å². The van der Waals surface area contributed by atoms with Gasteiger partial charge in [0.25, 0.3) is 0 Å². The number of nitrogens with zero attached hydrogens (tertiary/aromatic N) is 1. The van der Waals surface area contributed by atoms with Gasteiger partial charge >= 0.3 is 0 Å². The van der Waals surface area contributed by atoms with E-state index in [2.05, 4.69) is 58.2 Å². The minimum atomic E-state index is 0.582. The summed E-state index contributed by atoms with van der Waals surface area (Å²) in [6.45, 7) is 7.71. The number of hydrogen-bond donors (Lipinski definition) is 1. The van der Waals surface area contributed by atoms with Gasteiger partial charge in [0.1, 0.15) is 0 Å². The lowest BCUT2D eigenvalue weighted by Crippen LogP contribution is -2.50. The second kappa shape index (κ2) is 4.54. The molecule has 1 aromatic carbocycles. The summed E-state index contributed by atoms with van der Waals surface area (Å²) in [5, 5.41) is 3.41. The summed E-state index contributed by atoms with van der Waals surface area (Å²) in [7, 11) is 0. The highest BCUT2D eigenvalue weighted by molar-refractivity contribution is 9.10. The number of rotatable bonds is 1. The highest BCUT2D eigenvalue weighted by atomic mass is 79.9. The SMILES string of the molecule is Cc1cc(Br)ccc1N1CCNCC1C. The van der Waals surface area contributed by atoms with Crippen molar-refractivity contribution in [3.8, 4) is 0 Å². The molecule has 1 N–H and O–H groups in total. The maximum Gasteiger partial charge on any atom is 0.0400 e. The fourth-order valence-electron chi connectivity index (χ4n) is 2.14. The van der Waals surface area contributed by atoms with Crippen LogP contribution in [0.3, 0.4) is 0 Å². The largest absolute Gasteiger partial charge is 0.366 e. The molecule has 0 aromatic heterocycles. The first-order chi connectivity index (χ1) is 7.18. The third kappa shape index (κ3) is 2.34. The van der Waals surface area contributed by atoms with Crippen LogP contribution in [0.1, 0.15) is 12.5 Å². The van der Waals surface area contributed by atoms with Crippen molar-refractivity contribution in [3.63, 3.8) is 0 Å². The Morgan fingerprint density at radius 1 is 1.47 bits per heavy atom. The maximum absolute atomic E-state index is 3.50. The van der Waals surface area contributed by atoms with E-state index in [1.54, 1.807) is 0 Å². The molecule has 1 saturated heterocycles. The lowest BCUT2D eigenvalue weighted by Gasteiger charge is -2.36. The molecule has 0 amide bonds. The second-order valence-electron chi connectivity index (χ2n) is 4.18. The Morgan fingerprint density at radius 2 is 2.27 bits per heavy atom. The summed E-state index contributed by atoms with van der Waals surface area (Å²) in [5.74, 6) is 0. The van der Waals surface area contributed by atoms with Crippen molar-refractivity contribution in [2.45, 2.75) is 19.9 Å². The van der Waals surface area contributed by atoms with Crippen LogP contribution in [0, 0.1) is 6.92 Å². The van der Waals surface area contributed by atoms with Crippen LogP contribution in [0.15, 0.2) is 22.7 Å². The summed E-state index contributed by atoms with van der Waals surface area (Å²) < 4.78 is 1.16. The van der Waals surface area contributed by atoms with E-state index in [9.17, 15) is 0 Å². The molecule has 1 heterocycles. The van der Waals surface area contributed by atoms with Gasteiger partial charge in [-0.15, -0.1) is 0 Å². The van der Waals surface area contributed by atoms with E-state index in [1.165, 1.54) is 11.3 Å². The quantitative estimate of drug-likeness (QED) is 0.843. The van der Waals surface area contributed by atoms with E-state index in [0.717, 1.165) is 24.1 Å². The Morgan fingerprint density at radius 3 is 2.93 bits per heavy atom. The number of benzene rings is 1. The average Bonchev–Trinajstić information content (AvgIpc) is 2.20. The van der Waals surface area contributed by atoms with Gasteiger partial charge in [-0.2, -0.15) is 0 Å². The molecule has 3 heteroatoms. The molecule has 0 bridgehead atoms. The minimum Gasteiger partial charge on any atom is -0.366 e. The van der Waals surface area contributed by atoms with Crippen molar-refractivity contribution in [1.29, 1.82) is 0 Å². The van der Waals surface area contributed by atoms with E-state index in [4.69, 9.17) is 0 Å². The van der Waals surface area contributed by atoms with Crippen molar-refractivity contribution in [1.82, 2.24) is 5.32 Å². The van der Waals surface area contributed by atoms with E-state index < -0.39 is 0 Å². The van der Waals surface area contributed by atoms with Crippen molar-refractivity contribution in [2.24, 2.45) is 0 Å².